The summed E-state index contributed by atoms with van der Waals surface area (Å²) in [5, 5.41) is 7.01. The van der Waals surface area contributed by atoms with Crippen LogP contribution in [0.4, 0.5) is 4.39 Å². The molecule has 0 bridgehead atoms. The molecule has 0 unspecified atom stereocenters. The van der Waals surface area contributed by atoms with E-state index in [9.17, 15) is 4.39 Å². The first-order valence-electron chi connectivity index (χ1n) is 3.79. The molecule has 1 aromatic carbocycles. The molecule has 0 atom stereocenters. The summed E-state index contributed by atoms with van der Waals surface area (Å²) >= 11 is 0. The Balaban J connectivity index is 2.91. The van der Waals surface area contributed by atoms with E-state index >= 15 is 0 Å². The van der Waals surface area contributed by atoms with Gasteiger partial charge >= 0.3 is 0 Å². The highest BCUT2D eigenvalue weighted by atomic mass is 19.1. The van der Waals surface area contributed by atoms with Gasteiger partial charge in [-0.3, -0.25) is 5.41 Å². The maximum Gasteiger partial charge on any atom is 0.130 e. The van der Waals surface area contributed by atoms with Gasteiger partial charge in [-0.25, -0.2) is 4.39 Å². The zero-order valence-electron chi connectivity index (χ0n) is 7.30. The van der Waals surface area contributed by atoms with Gasteiger partial charge in [0.05, 0.1) is 12.9 Å². The number of hydrogen-bond acceptors (Lipinski definition) is 2. The average molecular weight is 182 g/mol. The minimum absolute atomic E-state index is 0.0518. The first-order valence-corrected chi connectivity index (χ1v) is 3.79. The highest BCUT2D eigenvalue weighted by Crippen LogP contribution is 2.16. The lowest BCUT2D eigenvalue weighted by molar-refractivity contribution is 0.411. The number of benzene rings is 1. The van der Waals surface area contributed by atoms with Crippen molar-refractivity contribution >= 4 is 5.84 Å². The fourth-order valence-electron chi connectivity index (χ4n) is 1.00. The Morgan fingerprint density at radius 3 is 2.77 bits per heavy atom. The molecule has 0 spiro atoms. The van der Waals surface area contributed by atoms with E-state index in [1.807, 2.05) is 0 Å². The summed E-state index contributed by atoms with van der Waals surface area (Å²) in [7, 11) is 1.47. The van der Waals surface area contributed by atoms with E-state index in [0.717, 1.165) is 0 Å². The quantitative estimate of drug-likeness (QED) is 0.547. The molecule has 0 aliphatic heterocycles. The Morgan fingerprint density at radius 2 is 2.31 bits per heavy atom. The number of ether oxygens (including phenoxy) is 1. The van der Waals surface area contributed by atoms with Crippen molar-refractivity contribution in [2.75, 3.05) is 7.11 Å². The first kappa shape index (κ1) is 9.51. The van der Waals surface area contributed by atoms with E-state index in [1.165, 1.54) is 13.2 Å². The molecule has 3 N–H and O–H groups in total. The van der Waals surface area contributed by atoms with Gasteiger partial charge in [0.15, 0.2) is 0 Å². The maximum absolute atomic E-state index is 13.2. The average Bonchev–Trinajstić information content (AvgIpc) is 2.08. The zero-order chi connectivity index (χ0) is 9.84. The third-order valence-electron chi connectivity index (χ3n) is 1.64. The van der Waals surface area contributed by atoms with Gasteiger partial charge in [0.2, 0.25) is 0 Å². The van der Waals surface area contributed by atoms with Crippen LogP contribution in [0.25, 0.3) is 0 Å². The molecule has 1 aromatic rings. The van der Waals surface area contributed by atoms with Crippen LogP contribution in [0.5, 0.6) is 5.75 Å². The fraction of sp³-hybridized carbons (Fsp3) is 0.222. The fourth-order valence-corrected chi connectivity index (χ4v) is 1.00. The largest absolute Gasteiger partial charge is 0.497 e. The van der Waals surface area contributed by atoms with E-state index < -0.39 is 5.82 Å². The van der Waals surface area contributed by atoms with Crippen molar-refractivity contribution in [2.24, 2.45) is 5.73 Å². The second-order valence-electron chi connectivity index (χ2n) is 2.66. The summed E-state index contributed by atoms with van der Waals surface area (Å²) in [4.78, 5) is 0. The second-order valence-corrected chi connectivity index (χ2v) is 2.66. The lowest BCUT2D eigenvalue weighted by Crippen LogP contribution is -2.13. The normalized spacial score (nSPS) is 9.69. The molecule has 0 saturated heterocycles. The monoisotopic (exact) mass is 182 g/mol. The Bertz CT molecular complexity index is 325. The van der Waals surface area contributed by atoms with E-state index in [0.29, 0.717) is 11.3 Å². The smallest absolute Gasteiger partial charge is 0.130 e. The van der Waals surface area contributed by atoms with Gasteiger partial charge in [0, 0.05) is 12.5 Å². The van der Waals surface area contributed by atoms with Crippen LogP contribution in [-0.2, 0) is 6.42 Å². The summed E-state index contributed by atoms with van der Waals surface area (Å²) in [5.74, 6) is 0.0171. The predicted molar refractivity (Wildman–Crippen MR) is 48.6 cm³/mol. The van der Waals surface area contributed by atoms with E-state index in [2.05, 4.69) is 0 Å². The SMILES string of the molecule is COc1ccc(CC(=N)N)c(F)c1. The van der Waals surface area contributed by atoms with Crippen LogP contribution in [0.2, 0.25) is 0 Å². The van der Waals surface area contributed by atoms with E-state index in [-0.39, 0.29) is 12.3 Å². The molecule has 0 aliphatic rings. The van der Waals surface area contributed by atoms with Crippen LogP contribution in [0.3, 0.4) is 0 Å². The third-order valence-corrected chi connectivity index (χ3v) is 1.64. The van der Waals surface area contributed by atoms with Crippen molar-refractivity contribution in [3.63, 3.8) is 0 Å². The zero-order valence-corrected chi connectivity index (χ0v) is 7.30. The van der Waals surface area contributed by atoms with Crippen molar-refractivity contribution < 1.29 is 9.13 Å². The predicted octanol–water partition coefficient (Wildman–Crippen LogP) is 1.31. The maximum atomic E-state index is 13.2. The van der Waals surface area contributed by atoms with Crippen LogP contribution in [0.1, 0.15) is 5.56 Å². The summed E-state index contributed by atoms with van der Waals surface area (Å²) < 4.78 is 18.0. The van der Waals surface area contributed by atoms with Crippen molar-refractivity contribution in [2.45, 2.75) is 6.42 Å². The Morgan fingerprint density at radius 1 is 1.62 bits per heavy atom. The van der Waals surface area contributed by atoms with Crippen LogP contribution in [-0.4, -0.2) is 12.9 Å². The molecule has 0 fully saturated rings. The summed E-state index contributed by atoms with van der Waals surface area (Å²) in [5.41, 5.74) is 5.56. The number of halogens is 1. The number of nitrogens with one attached hydrogen (secondary N) is 1. The molecule has 0 saturated carbocycles. The third kappa shape index (κ3) is 2.43. The molecule has 0 amide bonds. The number of hydrogen-bond donors (Lipinski definition) is 2. The first-order chi connectivity index (χ1) is 6.13. The van der Waals surface area contributed by atoms with Crippen LogP contribution in [0, 0.1) is 11.2 Å². The molecule has 3 nitrogen and oxygen atoms in total. The highest BCUT2D eigenvalue weighted by Gasteiger charge is 2.04. The standard InChI is InChI=1S/C9H11FN2O/c1-13-7-3-2-6(4-9(11)12)8(10)5-7/h2-3,5H,4H2,1H3,(H3,11,12). The Labute approximate surface area is 75.8 Å². The molecule has 4 heteroatoms. The van der Waals surface area contributed by atoms with Crippen LogP contribution < -0.4 is 10.5 Å². The van der Waals surface area contributed by atoms with Crippen molar-refractivity contribution in [3.8, 4) is 5.75 Å². The van der Waals surface area contributed by atoms with Crippen LogP contribution in [0.15, 0.2) is 18.2 Å². The molecule has 0 aromatic heterocycles. The molecule has 0 aliphatic carbocycles. The molecule has 0 heterocycles. The molecule has 1 rings (SSSR count). The van der Waals surface area contributed by atoms with Crippen molar-refractivity contribution in [1.82, 2.24) is 0 Å². The number of methoxy groups -OCH3 is 1. The van der Waals surface area contributed by atoms with Crippen LogP contribution >= 0.6 is 0 Å². The lowest BCUT2D eigenvalue weighted by atomic mass is 10.1. The van der Waals surface area contributed by atoms with E-state index in [4.69, 9.17) is 15.9 Å². The molecule has 70 valence electrons. The molecular weight excluding hydrogens is 171 g/mol. The van der Waals surface area contributed by atoms with Crippen molar-refractivity contribution in [3.05, 3.63) is 29.6 Å². The van der Waals surface area contributed by atoms with Gasteiger partial charge < -0.3 is 10.5 Å². The molecular formula is C9H11FN2O. The van der Waals surface area contributed by atoms with Crippen molar-refractivity contribution in [1.29, 1.82) is 5.41 Å². The Hall–Kier alpha value is -1.58. The summed E-state index contributed by atoms with van der Waals surface area (Å²) in [6, 6.07) is 4.48. The Kier molecular flexibility index (Phi) is 2.84. The molecule has 0 radical (unpaired) electrons. The second kappa shape index (κ2) is 3.89. The van der Waals surface area contributed by atoms with Gasteiger partial charge in [-0.05, 0) is 11.6 Å². The topological polar surface area (TPSA) is 59.1 Å². The number of rotatable bonds is 3. The van der Waals surface area contributed by atoms with Gasteiger partial charge in [0.25, 0.3) is 0 Å². The number of nitrogens with two attached hydrogens (primary N) is 1. The van der Waals surface area contributed by atoms with Gasteiger partial charge in [-0.2, -0.15) is 0 Å². The van der Waals surface area contributed by atoms with Gasteiger partial charge in [0.1, 0.15) is 11.6 Å². The minimum Gasteiger partial charge on any atom is -0.497 e. The van der Waals surface area contributed by atoms with Gasteiger partial charge in [-0.1, -0.05) is 6.07 Å². The van der Waals surface area contributed by atoms with Gasteiger partial charge in [-0.15, -0.1) is 0 Å². The molecule has 13 heavy (non-hydrogen) atoms. The minimum atomic E-state index is -0.394. The lowest BCUT2D eigenvalue weighted by Gasteiger charge is -2.04. The number of amidine groups is 1. The summed E-state index contributed by atoms with van der Waals surface area (Å²) in [6.45, 7) is 0. The van der Waals surface area contributed by atoms with E-state index in [1.54, 1.807) is 12.1 Å². The highest BCUT2D eigenvalue weighted by molar-refractivity contribution is 5.79. The summed E-state index contributed by atoms with van der Waals surface area (Å²) in [6.07, 6.45) is 0.135.